The second-order valence-electron chi connectivity index (χ2n) is 4.44. The van der Waals surface area contributed by atoms with E-state index in [1.54, 1.807) is 6.92 Å². The van der Waals surface area contributed by atoms with Crippen LogP contribution in [0.15, 0.2) is 18.2 Å². The SMILES string of the molecule is CCOC(=O)CC(C)NCc1cccc2c1OCO2. The van der Waals surface area contributed by atoms with E-state index in [2.05, 4.69) is 5.32 Å². The molecule has 0 saturated carbocycles. The molecule has 104 valence electrons. The average molecular weight is 265 g/mol. The molecule has 1 aliphatic heterocycles. The highest BCUT2D eigenvalue weighted by molar-refractivity contribution is 5.70. The van der Waals surface area contributed by atoms with E-state index in [4.69, 9.17) is 14.2 Å². The molecule has 19 heavy (non-hydrogen) atoms. The van der Waals surface area contributed by atoms with Crippen LogP contribution in [0.5, 0.6) is 11.5 Å². The predicted octanol–water partition coefficient (Wildman–Crippen LogP) is 1.85. The number of carbonyl (C=O) groups is 1. The van der Waals surface area contributed by atoms with E-state index in [0.717, 1.165) is 17.1 Å². The lowest BCUT2D eigenvalue weighted by Gasteiger charge is -2.14. The number of ether oxygens (including phenoxy) is 3. The van der Waals surface area contributed by atoms with E-state index in [9.17, 15) is 4.79 Å². The molecular formula is C14H19NO4. The Balaban J connectivity index is 1.86. The zero-order valence-electron chi connectivity index (χ0n) is 11.3. The van der Waals surface area contributed by atoms with Crippen LogP contribution in [0.2, 0.25) is 0 Å². The molecule has 0 bridgehead atoms. The molecule has 0 fully saturated rings. The van der Waals surface area contributed by atoms with E-state index in [-0.39, 0.29) is 18.8 Å². The summed E-state index contributed by atoms with van der Waals surface area (Å²) in [5.74, 6) is 1.39. The highest BCUT2D eigenvalue weighted by atomic mass is 16.7. The van der Waals surface area contributed by atoms with E-state index in [0.29, 0.717) is 19.6 Å². The van der Waals surface area contributed by atoms with Crippen molar-refractivity contribution in [1.29, 1.82) is 0 Å². The molecule has 1 atom stereocenters. The van der Waals surface area contributed by atoms with Crippen LogP contribution in [0.3, 0.4) is 0 Å². The van der Waals surface area contributed by atoms with Crippen molar-refractivity contribution in [3.63, 3.8) is 0 Å². The maximum atomic E-state index is 11.3. The summed E-state index contributed by atoms with van der Waals surface area (Å²) in [6, 6.07) is 5.85. The van der Waals surface area contributed by atoms with Gasteiger partial charge >= 0.3 is 5.97 Å². The molecule has 2 rings (SSSR count). The van der Waals surface area contributed by atoms with Crippen molar-refractivity contribution >= 4 is 5.97 Å². The molecular weight excluding hydrogens is 246 g/mol. The molecule has 1 aliphatic rings. The maximum absolute atomic E-state index is 11.3. The minimum Gasteiger partial charge on any atom is -0.466 e. The van der Waals surface area contributed by atoms with Crippen LogP contribution < -0.4 is 14.8 Å². The summed E-state index contributed by atoms with van der Waals surface area (Å²) in [7, 11) is 0. The minimum atomic E-state index is -0.180. The van der Waals surface area contributed by atoms with Gasteiger partial charge in [0.25, 0.3) is 0 Å². The van der Waals surface area contributed by atoms with Crippen molar-refractivity contribution in [2.45, 2.75) is 32.9 Å². The van der Waals surface area contributed by atoms with Gasteiger partial charge < -0.3 is 19.5 Å². The molecule has 0 saturated heterocycles. The first-order valence-electron chi connectivity index (χ1n) is 6.47. The number of benzene rings is 1. The quantitative estimate of drug-likeness (QED) is 0.795. The van der Waals surface area contributed by atoms with Gasteiger partial charge in [-0.1, -0.05) is 12.1 Å². The van der Waals surface area contributed by atoms with E-state index < -0.39 is 0 Å². The average Bonchev–Trinajstić information content (AvgIpc) is 2.85. The van der Waals surface area contributed by atoms with Gasteiger partial charge in [0.1, 0.15) is 0 Å². The Morgan fingerprint density at radius 3 is 3.11 bits per heavy atom. The molecule has 0 amide bonds. The standard InChI is InChI=1S/C14H19NO4/c1-3-17-13(16)7-10(2)15-8-11-5-4-6-12-14(11)19-9-18-12/h4-6,10,15H,3,7-9H2,1-2H3. The van der Waals surface area contributed by atoms with Crippen molar-refractivity contribution in [3.05, 3.63) is 23.8 Å². The van der Waals surface area contributed by atoms with Crippen molar-refractivity contribution in [1.82, 2.24) is 5.32 Å². The number of hydrogen-bond donors (Lipinski definition) is 1. The number of para-hydroxylation sites is 1. The molecule has 5 nitrogen and oxygen atoms in total. The third kappa shape index (κ3) is 3.61. The van der Waals surface area contributed by atoms with Gasteiger partial charge in [-0.25, -0.2) is 0 Å². The zero-order chi connectivity index (χ0) is 13.7. The molecule has 0 aliphatic carbocycles. The van der Waals surface area contributed by atoms with E-state index in [1.807, 2.05) is 25.1 Å². The third-order valence-electron chi connectivity index (χ3n) is 2.90. The van der Waals surface area contributed by atoms with Crippen LogP contribution in [0.4, 0.5) is 0 Å². The van der Waals surface area contributed by atoms with Crippen molar-refractivity contribution in [3.8, 4) is 11.5 Å². The highest BCUT2D eigenvalue weighted by Gasteiger charge is 2.17. The Bertz CT molecular complexity index is 447. The predicted molar refractivity (Wildman–Crippen MR) is 70.1 cm³/mol. The van der Waals surface area contributed by atoms with Gasteiger partial charge in [-0.05, 0) is 19.9 Å². The molecule has 1 aromatic rings. The summed E-state index contributed by atoms with van der Waals surface area (Å²) in [6.45, 7) is 5.08. The highest BCUT2D eigenvalue weighted by Crippen LogP contribution is 2.35. The fourth-order valence-electron chi connectivity index (χ4n) is 1.96. The molecule has 5 heteroatoms. The Labute approximate surface area is 112 Å². The number of carbonyl (C=O) groups excluding carboxylic acids is 1. The third-order valence-corrected chi connectivity index (χ3v) is 2.90. The summed E-state index contributed by atoms with van der Waals surface area (Å²) < 4.78 is 15.7. The number of rotatable bonds is 6. The van der Waals surface area contributed by atoms with E-state index in [1.165, 1.54) is 0 Å². The number of nitrogens with one attached hydrogen (secondary N) is 1. The number of fused-ring (bicyclic) bond motifs is 1. The molecule has 1 unspecified atom stereocenters. The van der Waals surface area contributed by atoms with Gasteiger partial charge in [-0.15, -0.1) is 0 Å². The lowest BCUT2D eigenvalue weighted by Crippen LogP contribution is -2.28. The maximum Gasteiger partial charge on any atom is 0.307 e. The summed E-state index contributed by atoms with van der Waals surface area (Å²) in [4.78, 5) is 11.3. The molecule has 1 N–H and O–H groups in total. The van der Waals surface area contributed by atoms with Crippen LogP contribution in [0, 0.1) is 0 Å². The summed E-state index contributed by atoms with van der Waals surface area (Å²) in [6.07, 6.45) is 0.361. The zero-order valence-corrected chi connectivity index (χ0v) is 11.3. The van der Waals surface area contributed by atoms with Gasteiger partial charge in [0, 0.05) is 18.2 Å². The normalized spacial score (nSPS) is 14.2. The minimum absolute atomic E-state index is 0.0530. The summed E-state index contributed by atoms with van der Waals surface area (Å²) >= 11 is 0. The molecule has 1 heterocycles. The fourth-order valence-corrected chi connectivity index (χ4v) is 1.96. The van der Waals surface area contributed by atoms with Crippen molar-refractivity contribution in [2.75, 3.05) is 13.4 Å². The molecule has 1 aromatic carbocycles. The monoisotopic (exact) mass is 265 g/mol. The summed E-state index contributed by atoms with van der Waals surface area (Å²) in [5.41, 5.74) is 1.03. The first kappa shape index (κ1) is 13.7. The Kier molecular flexibility index (Phi) is 4.63. The van der Waals surface area contributed by atoms with Gasteiger partial charge in [0.15, 0.2) is 11.5 Å². The smallest absolute Gasteiger partial charge is 0.307 e. The van der Waals surface area contributed by atoms with E-state index >= 15 is 0 Å². The van der Waals surface area contributed by atoms with Gasteiger partial charge in [-0.2, -0.15) is 0 Å². The van der Waals surface area contributed by atoms with Gasteiger partial charge in [-0.3, -0.25) is 4.79 Å². The Hall–Kier alpha value is -1.75. The van der Waals surface area contributed by atoms with Crippen LogP contribution in [0.25, 0.3) is 0 Å². The second kappa shape index (κ2) is 6.43. The van der Waals surface area contributed by atoms with Crippen LogP contribution in [-0.2, 0) is 16.1 Å². The second-order valence-corrected chi connectivity index (χ2v) is 4.44. The largest absolute Gasteiger partial charge is 0.466 e. The molecule has 0 radical (unpaired) electrons. The number of hydrogen-bond acceptors (Lipinski definition) is 5. The van der Waals surface area contributed by atoms with Crippen LogP contribution in [-0.4, -0.2) is 25.4 Å². The topological polar surface area (TPSA) is 56.8 Å². The Morgan fingerprint density at radius 1 is 1.47 bits per heavy atom. The van der Waals surface area contributed by atoms with Crippen molar-refractivity contribution < 1.29 is 19.0 Å². The lowest BCUT2D eigenvalue weighted by atomic mass is 10.1. The fraction of sp³-hybridized carbons (Fsp3) is 0.500. The molecule has 0 aromatic heterocycles. The van der Waals surface area contributed by atoms with Crippen LogP contribution >= 0.6 is 0 Å². The van der Waals surface area contributed by atoms with Crippen molar-refractivity contribution in [2.24, 2.45) is 0 Å². The summed E-state index contributed by atoms with van der Waals surface area (Å²) in [5, 5.41) is 3.28. The van der Waals surface area contributed by atoms with Crippen LogP contribution in [0.1, 0.15) is 25.8 Å². The first-order chi connectivity index (χ1) is 9.20. The van der Waals surface area contributed by atoms with Gasteiger partial charge in [0.2, 0.25) is 6.79 Å². The molecule has 0 spiro atoms. The van der Waals surface area contributed by atoms with Gasteiger partial charge in [0.05, 0.1) is 13.0 Å². The lowest BCUT2D eigenvalue weighted by molar-refractivity contribution is -0.143. The first-order valence-corrected chi connectivity index (χ1v) is 6.47. The number of esters is 1. The Morgan fingerprint density at radius 2 is 2.32 bits per heavy atom.